The zero-order valence-electron chi connectivity index (χ0n) is 15.9. The normalized spacial score (nSPS) is 25.6. The van der Waals surface area contributed by atoms with Crippen molar-refractivity contribution in [2.45, 2.75) is 30.7 Å². The van der Waals surface area contributed by atoms with Crippen molar-refractivity contribution >= 4 is 11.9 Å². The summed E-state index contributed by atoms with van der Waals surface area (Å²) in [6, 6.07) is 8.89. The quantitative estimate of drug-likeness (QED) is 0.331. The SMILES string of the molecule is O=C(O)c1cc(O[C@@H]2O[C@H](COC(=O)c3ccccc3O)[C@@H](O)[C@H](O)[C@H]2O)ccc1O. The fraction of sp³-hybridized carbons (Fsp3) is 0.300. The van der Waals surface area contributed by atoms with Gasteiger partial charge < -0.3 is 44.8 Å². The van der Waals surface area contributed by atoms with Crippen LogP contribution in [0.25, 0.3) is 0 Å². The first-order chi connectivity index (χ1) is 14.7. The Morgan fingerprint density at radius 1 is 0.903 bits per heavy atom. The van der Waals surface area contributed by atoms with Crippen LogP contribution in [0.2, 0.25) is 0 Å². The number of hydrogen-bond acceptors (Lipinski definition) is 10. The summed E-state index contributed by atoms with van der Waals surface area (Å²) in [5, 5.41) is 58.7. The number of phenolic OH excluding ortho intramolecular Hbond substituents is 1. The summed E-state index contributed by atoms with van der Waals surface area (Å²) in [5.74, 6) is -3.24. The molecule has 1 aliphatic heterocycles. The van der Waals surface area contributed by atoms with Crippen molar-refractivity contribution < 1.29 is 54.4 Å². The lowest BCUT2D eigenvalue weighted by atomic mass is 9.99. The van der Waals surface area contributed by atoms with Gasteiger partial charge in [0, 0.05) is 0 Å². The first kappa shape index (κ1) is 22.3. The molecule has 1 aliphatic rings. The average Bonchev–Trinajstić information content (AvgIpc) is 2.74. The van der Waals surface area contributed by atoms with Crippen molar-refractivity contribution in [2.24, 2.45) is 0 Å². The highest BCUT2D eigenvalue weighted by atomic mass is 16.7. The van der Waals surface area contributed by atoms with E-state index in [9.17, 15) is 35.1 Å². The number of rotatable bonds is 6. The van der Waals surface area contributed by atoms with Crippen LogP contribution in [0, 0.1) is 0 Å². The Morgan fingerprint density at radius 2 is 1.58 bits per heavy atom. The van der Waals surface area contributed by atoms with Gasteiger partial charge >= 0.3 is 11.9 Å². The van der Waals surface area contributed by atoms with Gasteiger partial charge in [0.2, 0.25) is 6.29 Å². The van der Waals surface area contributed by atoms with Gasteiger partial charge in [-0.2, -0.15) is 0 Å². The molecule has 31 heavy (non-hydrogen) atoms. The lowest BCUT2D eigenvalue weighted by molar-refractivity contribution is -0.277. The summed E-state index contributed by atoms with van der Waals surface area (Å²) in [7, 11) is 0. The van der Waals surface area contributed by atoms with E-state index in [1.54, 1.807) is 0 Å². The van der Waals surface area contributed by atoms with Crippen LogP contribution in [0.15, 0.2) is 42.5 Å². The molecule has 5 atom stereocenters. The van der Waals surface area contributed by atoms with E-state index in [-0.39, 0.29) is 17.1 Å². The third-order valence-corrected chi connectivity index (χ3v) is 4.62. The summed E-state index contributed by atoms with van der Waals surface area (Å²) in [6.45, 7) is -0.548. The molecule has 2 aromatic carbocycles. The number of aromatic hydroxyl groups is 2. The van der Waals surface area contributed by atoms with Gasteiger partial charge in [-0.3, -0.25) is 0 Å². The molecular formula is C20H20O11. The Kier molecular flexibility index (Phi) is 6.61. The summed E-state index contributed by atoms with van der Waals surface area (Å²) in [5.41, 5.74) is -0.581. The lowest BCUT2D eigenvalue weighted by Gasteiger charge is -2.39. The van der Waals surface area contributed by atoms with E-state index in [4.69, 9.17) is 19.3 Å². The van der Waals surface area contributed by atoms with Crippen LogP contribution in [0.4, 0.5) is 0 Å². The largest absolute Gasteiger partial charge is 0.507 e. The second-order valence-electron chi connectivity index (χ2n) is 6.73. The van der Waals surface area contributed by atoms with Crippen LogP contribution in [0.5, 0.6) is 17.2 Å². The maximum atomic E-state index is 12.1. The highest BCUT2D eigenvalue weighted by Crippen LogP contribution is 2.28. The second kappa shape index (κ2) is 9.18. The molecule has 0 bridgehead atoms. The molecule has 0 aliphatic carbocycles. The number of ether oxygens (including phenoxy) is 3. The monoisotopic (exact) mass is 436 g/mol. The molecule has 1 saturated heterocycles. The molecule has 2 aromatic rings. The molecule has 0 saturated carbocycles. The molecule has 0 aromatic heterocycles. The second-order valence-corrected chi connectivity index (χ2v) is 6.73. The summed E-state index contributed by atoms with van der Waals surface area (Å²) in [4.78, 5) is 23.3. The number of hydrogen-bond donors (Lipinski definition) is 6. The fourth-order valence-corrected chi connectivity index (χ4v) is 2.93. The molecule has 166 valence electrons. The van der Waals surface area contributed by atoms with Crippen LogP contribution >= 0.6 is 0 Å². The summed E-state index contributed by atoms with van der Waals surface area (Å²) < 4.78 is 15.8. The Labute approximate surface area is 175 Å². The van der Waals surface area contributed by atoms with Gasteiger partial charge in [-0.25, -0.2) is 9.59 Å². The van der Waals surface area contributed by atoms with Gasteiger partial charge in [0.25, 0.3) is 0 Å². The topological polar surface area (TPSA) is 183 Å². The van der Waals surface area contributed by atoms with Gasteiger partial charge in [0.05, 0.1) is 0 Å². The highest BCUT2D eigenvalue weighted by Gasteiger charge is 2.45. The average molecular weight is 436 g/mol. The molecule has 3 rings (SSSR count). The summed E-state index contributed by atoms with van der Waals surface area (Å²) >= 11 is 0. The third kappa shape index (κ3) is 4.86. The van der Waals surface area contributed by atoms with Crippen LogP contribution in [0.1, 0.15) is 20.7 Å². The molecule has 11 heteroatoms. The number of esters is 1. The first-order valence-electron chi connectivity index (χ1n) is 9.06. The molecule has 0 radical (unpaired) electrons. The standard InChI is InChI=1S/C20H20O11/c21-12-4-2-1-3-10(12)19(28)29-8-14-15(23)16(24)17(25)20(31-14)30-9-5-6-13(22)11(7-9)18(26)27/h1-7,14-17,20-25H,8H2,(H,26,27)/t14-,15-,16+,17-,20-/m1/s1. The molecule has 6 N–H and O–H groups in total. The molecular weight excluding hydrogens is 416 g/mol. The maximum Gasteiger partial charge on any atom is 0.342 e. The smallest absolute Gasteiger partial charge is 0.342 e. The van der Waals surface area contributed by atoms with Crippen molar-refractivity contribution in [1.29, 1.82) is 0 Å². The number of aliphatic hydroxyl groups excluding tert-OH is 3. The van der Waals surface area contributed by atoms with Gasteiger partial charge in [-0.1, -0.05) is 12.1 Å². The van der Waals surface area contributed by atoms with E-state index in [0.717, 1.165) is 12.1 Å². The van der Waals surface area contributed by atoms with Gasteiger partial charge in [-0.15, -0.1) is 0 Å². The van der Waals surface area contributed by atoms with Gasteiger partial charge in [0.15, 0.2) is 0 Å². The minimum absolute atomic E-state index is 0.104. The Balaban J connectivity index is 1.70. The predicted octanol–water partition coefficient (Wildman–Crippen LogP) is -0.161. The van der Waals surface area contributed by atoms with Gasteiger partial charge in [-0.05, 0) is 30.3 Å². The first-order valence-corrected chi connectivity index (χ1v) is 9.06. The molecule has 11 nitrogen and oxygen atoms in total. The molecule has 1 heterocycles. The minimum Gasteiger partial charge on any atom is -0.507 e. The fourth-order valence-electron chi connectivity index (χ4n) is 2.93. The number of carbonyl (C=O) groups excluding carboxylic acids is 1. The van der Waals surface area contributed by atoms with Crippen LogP contribution in [-0.4, -0.2) is 79.9 Å². The maximum absolute atomic E-state index is 12.1. The van der Waals surface area contributed by atoms with E-state index in [2.05, 4.69) is 0 Å². The highest BCUT2D eigenvalue weighted by molar-refractivity contribution is 5.92. The van der Waals surface area contributed by atoms with E-state index in [1.807, 2.05) is 0 Å². The van der Waals surface area contributed by atoms with Crippen molar-refractivity contribution in [3.05, 3.63) is 53.6 Å². The predicted molar refractivity (Wildman–Crippen MR) is 101 cm³/mol. The lowest BCUT2D eigenvalue weighted by Crippen LogP contribution is -2.60. The number of carboxylic acids is 1. The Bertz CT molecular complexity index is 960. The number of benzene rings is 2. The zero-order valence-corrected chi connectivity index (χ0v) is 15.9. The molecule has 0 unspecified atom stereocenters. The number of aromatic carboxylic acids is 1. The van der Waals surface area contributed by atoms with Crippen LogP contribution < -0.4 is 4.74 Å². The molecule has 0 amide bonds. The van der Waals surface area contributed by atoms with E-state index < -0.39 is 60.6 Å². The number of carboxylic acid groups (broad SMARTS) is 1. The third-order valence-electron chi connectivity index (χ3n) is 4.62. The Hall–Kier alpha value is -3.38. The van der Waals surface area contributed by atoms with Crippen LogP contribution in [0.3, 0.4) is 0 Å². The number of phenols is 2. The molecule has 1 fully saturated rings. The van der Waals surface area contributed by atoms with Crippen molar-refractivity contribution in [3.63, 3.8) is 0 Å². The van der Waals surface area contributed by atoms with Crippen LogP contribution in [-0.2, 0) is 9.47 Å². The summed E-state index contributed by atoms with van der Waals surface area (Å²) in [6.07, 6.45) is -7.96. The Morgan fingerprint density at radius 3 is 2.26 bits per heavy atom. The van der Waals surface area contributed by atoms with Crippen molar-refractivity contribution in [1.82, 2.24) is 0 Å². The minimum atomic E-state index is -1.73. The number of para-hydroxylation sites is 1. The van der Waals surface area contributed by atoms with Crippen molar-refractivity contribution in [2.75, 3.05) is 6.61 Å². The van der Waals surface area contributed by atoms with Crippen molar-refractivity contribution in [3.8, 4) is 17.2 Å². The van der Waals surface area contributed by atoms with E-state index in [1.165, 1.54) is 30.3 Å². The molecule has 0 spiro atoms. The number of aliphatic hydroxyl groups is 3. The van der Waals surface area contributed by atoms with E-state index in [0.29, 0.717) is 0 Å². The van der Waals surface area contributed by atoms with E-state index >= 15 is 0 Å². The zero-order chi connectivity index (χ0) is 22.7. The number of carbonyl (C=O) groups is 2. The van der Waals surface area contributed by atoms with Gasteiger partial charge in [0.1, 0.15) is 59.4 Å².